The first-order chi connectivity index (χ1) is 11.3. The van der Waals surface area contributed by atoms with Crippen molar-refractivity contribution in [1.82, 2.24) is 4.98 Å². The molecule has 126 valence electrons. The minimum absolute atomic E-state index is 0.0112. The summed E-state index contributed by atoms with van der Waals surface area (Å²) in [6.45, 7) is 1.52. The van der Waals surface area contributed by atoms with Crippen LogP contribution in [0.1, 0.15) is 26.4 Å². The number of aryl methyl sites for hydroxylation is 1. The molecule has 0 unspecified atom stereocenters. The average molecular weight is 334 g/mol. The first kappa shape index (κ1) is 17.0. The number of ether oxygens (including phenoxy) is 2. The SMILES string of the molecule is COC(=O)c1c(C)[nH]c(-c2cc([N+](=O)[O-])ccc2O)c1C(=O)OC. The number of nitro groups is 1. The van der Waals surface area contributed by atoms with Crippen LogP contribution in [0.5, 0.6) is 5.75 Å². The molecule has 2 N–H and O–H groups in total. The van der Waals surface area contributed by atoms with Gasteiger partial charge in [0, 0.05) is 23.4 Å². The number of H-pyrrole nitrogens is 1. The Morgan fingerprint density at radius 1 is 1.17 bits per heavy atom. The number of non-ortho nitro benzene ring substituents is 1. The lowest BCUT2D eigenvalue weighted by atomic mass is 10.0. The summed E-state index contributed by atoms with van der Waals surface area (Å²) < 4.78 is 9.34. The van der Waals surface area contributed by atoms with Crippen molar-refractivity contribution in [3.8, 4) is 17.0 Å². The molecule has 2 rings (SSSR count). The van der Waals surface area contributed by atoms with E-state index in [1.165, 1.54) is 6.92 Å². The molecule has 0 saturated heterocycles. The highest BCUT2D eigenvalue weighted by molar-refractivity contribution is 6.09. The van der Waals surface area contributed by atoms with Gasteiger partial charge < -0.3 is 19.6 Å². The number of nitro benzene ring substituents is 1. The van der Waals surface area contributed by atoms with Gasteiger partial charge in [0.1, 0.15) is 11.3 Å². The van der Waals surface area contributed by atoms with Crippen molar-refractivity contribution >= 4 is 17.6 Å². The van der Waals surface area contributed by atoms with Gasteiger partial charge in [-0.1, -0.05) is 0 Å². The van der Waals surface area contributed by atoms with E-state index in [9.17, 15) is 24.8 Å². The molecule has 9 nitrogen and oxygen atoms in total. The largest absolute Gasteiger partial charge is 0.507 e. The Morgan fingerprint density at radius 3 is 2.29 bits per heavy atom. The minimum Gasteiger partial charge on any atom is -0.507 e. The van der Waals surface area contributed by atoms with Crippen LogP contribution >= 0.6 is 0 Å². The van der Waals surface area contributed by atoms with Crippen molar-refractivity contribution in [3.05, 3.63) is 45.1 Å². The van der Waals surface area contributed by atoms with Crippen LogP contribution in [0.4, 0.5) is 5.69 Å². The lowest BCUT2D eigenvalue weighted by Gasteiger charge is -2.07. The zero-order chi connectivity index (χ0) is 18.0. The van der Waals surface area contributed by atoms with E-state index in [0.29, 0.717) is 5.69 Å². The Balaban J connectivity index is 2.80. The van der Waals surface area contributed by atoms with Gasteiger partial charge in [-0.3, -0.25) is 10.1 Å². The van der Waals surface area contributed by atoms with Gasteiger partial charge in [0.2, 0.25) is 0 Å². The number of esters is 2. The van der Waals surface area contributed by atoms with Crippen molar-refractivity contribution in [2.45, 2.75) is 6.92 Å². The smallest absolute Gasteiger partial charge is 0.340 e. The zero-order valence-corrected chi connectivity index (χ0v) is 13.1. The van der Waals surface area contributed by atoms with Crippen LogP contribution in [0.15, 0.2) is 18.2 Å². The summed E-state index contributed by atoms with van der Waals surface area (Å²) in [6.07, 6.45) is 0. The van der Waals surface area contributed by atoms with Gasteiger partial charge in [0.05, 0.1) is 30.4 Å². The third-order valence-corrected chi connectivity index (χ3v) is 3.43. The molecule has 2 aromatic rings. The lowest BCUT2D eigenvalue weighted by Crippen LogP contribution is -2.11. The topological polar surface area (TPSA) is 132 Å². The molecule has 0 atom stereocenters. The average Bonchev–Trinajstić information content (AvgIpc) is 2.90. The van der Waals surface area contributed by atoms with Gasteiger partial charge in [-0.15, -0.1) is 0 Å². The lowest BCUT2D eigenvalue weighted by molar-refractivity contribution is -0.384. The number of methoxy groups -OCH3 is 2. The number of benzene rings is 1. The molecule has 0 spiro atoms. The maximum absolute atomic E-state index is 12.1. The Hall–Kier alpha value is -3.36. The summed E-state index contributed by atoms with van der Waals surface area (Å²) in [6, 6.07) is 3.34. The fraction of sp³-hybridized carbons (Fsp3) is 0.200. The molecule has 0 aliphatic heterocycles. The molecule has 0 amide bonds. The van der Waals surface area contributed by atoms with Crippen LogP contribution in [0.3, 0.4) is 0 Å². The third kappa shape index (κ3) is 2.78. The summed E-state index contributed by atoms with van der Waals surface area (Å²) in [5.41, 5.74) is -0.208. The number of phenols is 1. The molecule has 9 heteroatoms. The van der Waals surface area contributed by atoms with E-state index in [-0.39, 0.29) is 33.8 Å². The van der Waals surface area contributed by atoms with Gasteiger partial charge in [0.15, 0.2) is 0 Å². The van der Waals surface area contributed by atoms with Gasteiger partial charge >= 0.3 is 11.9 Å². The highest BCUT2D eigenvalue weighted by Gasteiger charge is 2.29. The highest BCUT2D eigenvalue weighted by atomic mass is 16.6. The van der Waals surface area contributed by atoms with Crippen LogP contribution in [-0.4, -0.2) is 41.2 Å². The summed E-state index contributed by atoms with van der Waals surface area (Å²) >= 11 is 0. The Bertz CT molecular complexity index is 839. The normalized spacial score (nSPS) is 10.3. The molecule has 0 saturated carbocycles. The van der Waals surface area contributed by atoms with Crippen LogP contribution in [0, 0.1) is 17.0 Å². The Labute approximate surface area is 136 Å². The predicted octanol–water partition coefficient (Wildman–Crippen LogP) is 2.18. The number of carbonyl (C=O) groups excluding carboxylic acids is 2. The number of aromatic amines is 1. The number of aromatic nitrogens is 1. The van der Waals surface area contributed by atoms with Crippen molar-refractivity contribution in [2.75, 3.05) is 14.2 Å². The molecular weight excluding hydrogens is 320 g/mol. The number of carbonyl (C=O) groups is 2. The number of hydrogen-bond donors (Lipinski definition) is 2. The summed E-state index contributed by atoms with van der Waals surface area (Å²) in [7, 11) is 2.28. The van der Waals surface area contributed by atoms with Crippen LogP contribution < -0.4 is 0 Å². The fourth-order valence-corrected chi connectivity index (χ4v) is 2.33. The van der Waals surface area contributed by atoms with E-state index in [4.69, 9.17) is 0 Å². The first-order valence-electron chi connectivity index (χ1n) is 6.68. The molecule has 0 aliphatic carbocycles. The molecule has 1 heterocycles. The van der Waals surface area contributed by atoms with E-state index in [0.717, 1.165) is 32.4 Å². The maximum atomic E-state index is 12.1. The predicted molar refractivity (Wildman–Crippen MR) is 82.0 cm³/mol. The molecule has 0 fully saturated rings. The van der Waals surface area contributed by atoms with Crippen molar-refractivity contribution in [1.29, 1.82) is 0 Å². The Kier molecular flexibility index (Phi) is 4.54. The highest BCUT2D eigenvalue weighted by Crippen LogP contribution is 2.36. The third-order valence-electron chi connectivity index (χ3n) is 3.43. The van der Waals surface area contributed by atoms with Gasteiger partial charge in [-0.2, -0.15) is 0 Å². The standard InChI is InChI=1S/C15H14N2O7/c1-7-11(14(19)23-2)12(15(20)24-3)13(16-7)9-6-8(17(21)22)4-5-10(9)18/h4-6,16,18H,1-3H3. The minimum atomic E-state index is -0.847. The van der Waals surface area contributed by atoms with Crippen LogP contribution in [-0.2, 0) is 9.47 Å². The number of nitrogens with one attached hydrogen (secondary N) is 1. The molecule has 0 radical (unpaired) electrons. The van der Waals surface area contributed by atoms with Crippen LogP contribution in [0.2, 0.25) is 0 Å². The van der Waals surface area contributed by atoms with Crippen molar-refractivity contribution < 1.29 is 29.1 Å². The number of phenolic OH excluding ortho intramolecular Hbond substituents is 1. The van der Waals surface area contributed by atoms with Gasteiger partial charge in [-0.25, -0.2) is 9.59 Å². The summed E-state index contributed by atoms with van der Waals surface area (Å²) in [5.74, 6) is -1.93. The van der Waals surface area contributed by atoms with Crippen molar-refractivity contribution in [2.24, 2.45) is 0 Å². The van der Waals surface area contributed by atoms with Crippen molar-refractivity contribution in [3.63, 3.8) is 0 Å². The first-order valence-corrected chi connectivity index (χ1v) is 6.68. The zero-order valence-electron chi connectivity index (χ0n) is 13.1. The second-order valence-corrected chi connectivity index (χ2v) is 4.82. The quantitative estimate of drug-likeness (QED) is 0.497. The monoisotopic (exact) mass is 334 g/mol. The summed E-state index contributed by atoms with van der Waals surface area (Å²) in [5, 5.41) is 21.0. The molecule has 0 bridgehead atoms. The van der Waals surface area contributed by atoms with Crippen LogP contribution in [0.25, 0.3) is 11.3 Å². The second kappa shape index (κ2) is 6.41. The van der Waals surface area contributed by atoms with E-state index < -0.39 is 16.9 Å². The molecule has 1 aromatic carbocycles. The number of hydrogen-bond acceptors (Lipinski definition) is 7. The maximum Gasteiger partial charge on any atom is 0.340 e. The number of rotatable bonds is 4. The Morgan fingerprint density at radius 2 is 1.75 bits per heavy atom. The second-order valence-electron chi connectivity index (χ2n) is 4.82. The number of aromatic hydroxyl groups is 1. The van der Waals surface area contributed by atoms with E-state index in [2.05, 4.69) is 14.5 Å². The van der Waals surface area contributed by atoms with E-state index in [1.54, 1.807) is 0 Å². The fourth-order valence-electron chi connectivity index (χ4n) is 2.33. The molecule has 1 aromatic heterocycles. The van der Waals surface area contributed by atoms with Gasteiger partial charge in [0.25, 0.3) is 5.69 Å². The summed E-state index contributed by atoms with van der Waals surface area (Å²) in [4.78, 5) is 37.2. The van der Waals surface area contributed by atoms with Gasteiger partial charge in [-0.05, 0) is 13.0 Å². The molecule has 24 heavy (non-hydrogen) atoms. The van der Waals surface area contributed by atoms with E-state index in [1.807, 2.05) is 0 Å². The number of nitrogens with zero attached hydrogens (tertiary/aromatic N) is 1. The van der Waals surface area contributed by atoms with E-state index >= 15 is 0 Å². The molecular formula is C15H14N2O7. The molecule has 0 aliphatic rings.